The smallest absolute Gasteiger partial charge is 0.0434 e. The van der Waals surface area contributed by atoms with E-state index in [0.29, 0.717) is 0 Å². The largest absolute Gasteiger partial charge is 0.377 e. The zero-order valence-corrected chi connectivity index (χ0v) is 8.07. The minimum atomic E-state index is 1.11. The van der Waals surface area contributed by atoms with Crippen LogP contribution in [0.3, 0.4) is 0 Å². The highest BCUT2D eigenvalue weighted by Gasteiger charge is 2.00. The summed E-state index contributed by atoms with van der Waals surface area (Å²) in [4.78, 5) is 2.04. The van der Waals surface area contributed by atoms with Gasteiger partial charge in [0.2, 0.25) is 0 Å². The van der Waals surface area contributed by atoms with Crippen LogP contribution in [0.15, 0.2) is 42.5 Å². The van der Waals surface area contributed by atoms with Crippen molar-refractivity contribution in [2.75, 3.05) is 14.1 Å². The van der Waals surface area contributed by atoms with E-state index in [0.717, 1.165) is 5.70 Å². The number of nitrogens with zero attached hydrogens (tertiary/aromatic N) is 1. The molecule has 0 saturated carbocycles. The Morgan fingerprint density at radius 3 is 2.31 bits per heavy atom. The van der Waals surface area contributed by atoms with Gasteiger partial charge in [0, 0.05) is 19.8 Å². The van der Waals surface area contributed by atoms with Crippen molar-refractivity contribution in [3.8, 4) is 0 Å². The van der Waals surface area contributed by atoms with Crippen LogP contribution in [-0.2, 0) is 0 Å². The van der Waals surface area contributed by atoms with Gasteiger partial charge in [-0.15, -0.1) is 0 Å². The molecule has 1 aromatic carbocycles. The Morgan fingerprint density at radius 1 is 1.23 bits per heavy atom. The van der Waals surface area contributed by atoms with E-state index < -0.39 is 0 Å². The van der Waals surface area contributed by atoms with Gasteiger partial charge in [0.1, 0.15) is 0 Å². The van der Waals surface area contributed by atoms with Crippen molar-refractivity contribution in [1.82, 2.24) is 4.90 Å². The van der Waals surface area contributed by atoms with E-state index in [1.54, 1.807) is 6.08 Å². The van der Waals surface area contributed by atoms with Crippen molar-refractivity contribution in [3.05, 3.63) is 54.6 Å². The lowest BCUT2D eigenvalue weighted by Gasteiger charge is -2.16. The molecule has 0 aliphatic carbocycles. The molecule has 0 aliphatic heterocycles. The van der Waals surface area contributed by atoms with Gasteiger partial charge in [-0.1, -0.05) is 43.0 Å². The molecule has 0 bridgehead atoms. The van der Waals surface area contributed by atoms with Gasteiger partial charge in [0.15, 0.2) is 0 Å². The van der Waals surface area contributed by atoms with E-state index in [9.17, 15) is 0 Å². The van der Waals surface area contributed by atoms with Crippen LogP contribution < -0.4 is 0 Å². The quantitative estimate of drug-likeness (QED) is 0.633. The number of allylic oxidation sites excluding steroid dienone is 2. The average Bonchev–Trinajstić information content (AvgIpc) is 2.15. The highest BCUT2D eigenvalue weighted by Crippen LogP contribution is 2.15. The van der Waals surface area contributed by atoms with Crippen LogP contribution in [0, 0.1) is 6.58 Å². The second-order valence-electron chi connectivity index (χ2n) is 3.00. The first-order chi connectivity index (χ1) is 6.25. The molecule has 0 aromatic heterocycles. The SMILES string of the molecule is [CH]=CC=C(c1ccccc1)N(C)C. The Kier molecular flexibility index (Phi) is 3.32. The number of hydrogen-bond acceptors (Lipinski definition) is 1. The molecule has 13 heavy (non-hydrogen) atoms. The van der Waals surface area contributed by atoms with Crippen LogP contribution in [0.1, 0.15) is 5.56 Å². The average molecular weight is 172 g/mol. The highest BCUT2D eigenvalue weighted by atomic mass is 15.1. The fourth-order valence-electron chi connectivity index (χ4n) is 1.20. The number of benzene rings is 1. The van der Waals surface area contributed by atoms with Gasteiger partial charge in [-0.25, -0.2) is 0 Å². The molecule has 1 nitrogen and oxygen atoms in total. The van der Waals surface area contributed by atoms with Gasteiger partial charge in [-0.3, -0.25) is 0 Å². The van der Waals surface area contributed by atoms with E-state index >= 15 is 0 Å². The highest BCUT2D eigenvalue weighted by molar-refractivity contribution is 5.64. The van der Waals surface area contributed by atoms with Crippen molar-refractivity contribution in [3.63, 3.8) is 0 Å². The summed E-state index contributed by atoms with van der Waals surface area (Å²) in [5, 5.41) is 0. The molecule has 67 valence electrons. The first kappa shape index (κ1) is 9.59. The molecule has 0 unspecified atom stereocenters. The molecule has 0 amide bonds. The normalized spacial score (nSPS) is 11.1. The van der Waals surface area contributed by atoms with Gasteiger partial charge >= 0.3 is 0 Å². The van der Waals surface area contributed by atoms with E-state index in [1.807, 2.05) is 43.3 Å². The van der Waals surface area contributed by atoms with Gasteiger partial charge < -0.3 is 4.90 Å². The molecule has 0 N–H and O–H groups in total. The lowest BCUT2D eigenvalue weighted by molar-refractivity contribution is 0.592. The Labute approximate surface area is 80.0 Å². The summed E-state index contributed by atoms with van der Waals surface area (Å²) >= 11 is 0. The molecule has 0 atom stereocenters. The standard InChI is InChI=1S/C12H14N/c1-4-8-12(13(2)3)11-9-6-5-7-10-11/h1,4-10H,2-3H3. The molecule has 0 saturated heterocycles. The van der Waals surface area contributed by atoms with Crippen molar-refractivity contribution in [2.24, 2.45) is 0 Å². The van der Waals surface area contributed by atoms with Gasteiger partial charge in [-0.05, 0) is 11.6 Å². The summed E-state index contributed by atoms with van der Waals surface area (Å²) in [6.07, 6.45) is 3.46. The molecule has 0 aliphatic rings. The molecule has 1 heteroatoms. The first-order valence-corrected chi connectivity index (χ1v) is 4.23. The monoisotopic (exact) mass is 172 g/mol. The number of rotatable bonds is 3. The zero-order chi connectivity index (χ0) is 9.68. The number of hydrogen-bond donors (Lipinski definition) is 0. The minimum Gasteiger partial charge on any atom is -0.377 e. The molecule has 0 fully saturated rings. The lowest BCUT2D eigenvalue weighted by atomic mass is 10.1. The molecule has 1 radical (unpaired) electrons. The van der Waals surface area contributed by atoms with Crippen molar-refractivity contribution < 1.29 is 0 Å². The van der Waals surface area contributed by atoms with Crippen LogP contribution in [0.4, 0.5) is 0 Å². The lowest BCUT2D eigenvalue weighted by Crippen LogP contribution is -2.09. The van der Waals surface area contributed by atoms with Crippen LogP contribution in [0.5, 0.6) is 0 Å². The molecule has 0 spiro atoms. The van der Waals surface area contributed by atoms with E-state index in [2.05, 4.69) is 12.1 Å². The van der Waals surface area contributed by atoms with Crippen LogP contribution in [0.2, 0.25) is 0 Å². The second-order valence-corrected chi connectivity index (χ2v) is 3.00. The topological polar surface area (TPSA) is 3.24 Å². The summed E-state index contributed by atoms with van der Waals surface area (Å²) in [6, 6.07) is 10.2. The third-order valence-electron chi connectivity index (χ3n) is 1.81. The molecular formula is C12H14N. The predicted molar refractivity (Wildman–Crippen MR) is 57.0 cm³/mol. The van der Waals surface area contributed by atoms with Crippen LogP contribution >= 0.6 is 0 Å². The van der Waals surface area contributed by atoms with E-state index in [-0.39, 0.29) is 0 Å². The van der Waals surface area contributed by atoms with Crippen LogP contribution in [0.25, 0.3) is 5.70 Å². The maximum Gasteiger partial charge on any atom is 0.0434 e. The first-order valence-electron chi connectivity index (χ1n) is 4.23. The Balaban J connectivity index is 3.03. The Morgan fingerprint density at radius 2 is 1.85 bits per heavy atom. The van der Waals surface area contributed by atoms with Gasteiger partial charge in [-0.2, -0.15) is 0 Å². The fraction of sp³-hybridized carbons (Fsp3) is 0.167. The summed E-state index contributed by atoms with van der Waals surface area (Å²) in [5.74, 6) is 0. The third-order valence-corrected chi connectivity index (χ3v) is 1.81. The summed E-state index contributed by atoms with van der Waals surface area (Å²) < 4.78 is 0. The van der Waals surface area contributed by atoms with Gasteiger partial charge in [0.25, 0.3) is 0 Å². The molecule has 1 rings (SSSR count). The molecular weight excluding hydrogens is 158 g/mol. The van der Waals surface area contributed by atoms with Crippen molar-refractivity contribution >= 4 is 5.70 Å². The zero-order valence-electron chi connectivity index (χ0n) is 8.07. The summed E-state index contributed by atoms with van der Waals surface area (Å²) in [5.41, 5.74) is 2.29. The molecule has 0 heterocycles. The van der Waals surface area contributed by atoms with E-state index in [1.165, 1.54) is 5.56 Å². The third kappa shape index (κ3) is 2.48. The second kappa shape index (κ2) is 4.51. The summed E-state index contributed by atoms with van der Waals surface area (Å²) in [6.45, 7) is 5.38. The summed E-state index contributed by atoms with van der Waals surface area (Å²) in [7, 11) is 4.00. The molecule has 1 aromatic rings. The maximum atomic E-state index is 5.38. The fourth-order valence-corrected chi connectivity index (χ4v) is 1.20. The Bertz CT molecular complexity index is 296. The maximum absolute atomic E-state index is 5.38. The van der Waals surface area contributed by atoms with Crippen molar-refractivity contribution in [2.45, 2.75) is 0 Å². The van der Waals surface area contributed by atoms with Gasteiger partial charge in [0.05, 0.1) is 0 Å². The predicted octanol–water partition coefficient (Wildman–Crippen LogP) is 2.58. The Hall–Kier alpha value is -1.50. The van der Waals surface area contributed by atoms with Crippen molar-refractivity contribution in [1.29, 1.82) is 0 Å². The minimum absolute atomic E-state index is 1.11. The van der Waals surface area contributed by atoms with E-state index in [4.69, 9.17) is 6.58 Å². The van der Waals surface area contributed by atoms with Crippen LogP contribution in [-0.4, -0.2) is 19.0 Å².